The topological polar surface area (TPSA) is 68.4 Å². The van der Waals surface area contributed by atoms with E-state index in [4.69, 9.17) is 9.26 Å². The van der Waals surface area contributed by atoms with Gasteiger partial charge >= 0.3 is 0 Å². The third-order valence-electron chi connectivity index (χ3n) is 2.64. The Bertz CT molecular complexity index is 545. The van der Waals surface area contributed by atoms with E-state index in [0.717, 1.165) is 0 Å². The number of benzene rings is 1. The number of ether oxygens (including phenoxy) is 1. The summed E-state index contributed by atoms with van der Waals surface area (Å²) in [5.41, 5.74) is 1.23. The summed E-state index contributed by atoms with van der Waals surface area (Å²) in [6.45, 7) is 2.32. The van der Waals surface area contributed by atoms with E-state index in [1.807, 2.05) is 6.07 Å². The van der Waals surface area contributed by atoms with Crippen molar-refractivity contribution in [3.8, 4) is 0 Å². The van der Waals surface area contributed by atoms with Crippen molar-refractivity contribution < 1.29 is 14.4 Å². The number of aryl methyl sites for hydroxylation is 1. The second kappa shape index (κ2) is 7.42. The van der Waals surface area contributed by atoms with Crippen molar-refractivity contribution in [1.29, 1.82) is 0 Å². The van der Waals surface area contributed by atoms with Crippen LogP contribution in [-0.2, 0) is 16.9 Å². The zero-order chi connectivity index (χ0) is 14.4. The predicted octanol–water partition coefficient (Wildman–Crippen LogP) is 2.22. The summed E-state index contributed by atoms with van der Waals surface area (Å²) in [7, 11) is 1.54. The van der Waals surface area contributed by atoms with Crippen molar-refractivity contribution in [2.24, 2.45) is 0 Å². The maximum absolute atomic E-state index is 9.59. The first-order valence-corrected chi connectivity index (χ1v) is 7.34. The van der Waals surface area contributed by atoms with Gasteiger partial charge in [-0.2, -0.15) is 4.98 Å². The molecule has 1 heterocycles. The maximum Gasteiger partial charge on any atom is 0.229 e. The van der Waals surface area contributed by atoms with E-state index < -0.39 is 6.10 Å². The molecule has 0 radical (unpaired) electrons. The van der Waals surface area contributed by atoms with Gasteiger partial charge in [0.1, 0.15) is 0 Å². The molecule has 1 N–H and O–H groups in total. The van der Waals surface area contributed by atoms with Gasteiger partial charge in [0.25, 0.3) is 0 Å². The standard InChI is InChI=1S/C14H18N2O3S/c1-10-4-3-5-12(6-10)20-9-13-15-14(19-16-13)7-11(17)8-18-2/h3-6,11,17H,7-9H2,1-2H3. The van der Waals surface area contributed by atoms with Gasteiger partial charge in [-0.05, 0) is 19.1 Å². The summed E-state index contributed by atoms with van der Waals surface area (Å²) in [6, 6.07) is 8.27. The molecule has 0 amide bonds. The summed E-state index contributed by atoms with van der Waals surface area (Å²) in [5.74, 6) is 1.72. The number of aliphatic hydroxyl groups is 1. The van der Waals surface area contributed by atoms with Gasteiger partial charge in [0.05, 0.1) is 24.9 Å². The molecule has 1 aromatic carbocycles. The van der Waals surface area contributed by atoms with Crippen LogP contribution in [0.1, 0.15) is 17.3 Å². The van der Waals surface area contributed by atoms with E-state index >= 15 is 0 Å². The molecule has 108 valence electrons. The normalized spacial score (nSPS) is 12.6. The molecule has 0 fully saturated rings. The van der Waals surface area contributed by atoms with Crippen molar-refractivity contribution in [1.82, 2.24) is 10.1 Å². The summed E-state index contributed by atoms with van der Waals surface area (Å²) in [5, 5.41) is 13.5. The van der Waals surface area contributed by atoms with Crippen molar-refractivity contribution in [2.45, 2.75) is 30.1 Å². The number of rotatable bonds is 7. The summed E-state index contributed by atoms with van der Waals surface area (Å²) >= 11 is 1.66. The highest BCUT2D eigenvalue weighted by Crippen LogP contribution is 2.22. The average molecular weight is 294 g/mol. The molecule has 1 aromatic heterocycles. The van der Waals surface area contributed by atoms with Crippen molar-refractivity contribution in [2.75, 3.05) is 13.7 Å². The monoisotopic (exact) mass is 294 g/mol. The fourth-order valence-electron chi connectivity index (χ4n) is 1.74. The Hall–Kier alpha value is -1.37. The Morgan fingerprint density at radius 3 is 3.05 bits per heavy atom. The molecular formula is C14H18N2O3S. The SMILES string of the molecule is COCC(O)Cc1nc(CSc2cccc(C)c2)no1. The highest BCUT2D eigenvalue weighted by Gasteiger charge is 2.12. The summed E-state index contributed by atoms with van der Waals surface area (Å²) < 4.78 is 9.96. The second-order valence-electron chi connectivity index (χ2n) is 4.52. The van der Waals surface area contributed by atoms with Crippen LogP contribution in [0.2, 0.25) is 0 Å². The van der Waals surface area contributed by atoms with E-state index in [0.29, 0.717) is 23.9 Å². The van der Waals surface area contributed by atoms with Crippen LogP contribution in [0.15, 0.2) is 33.7 Å². The number of aromatic nitrogens is 2. The molecule has 2 rings (SSSR count). The first-order chi connectivity index (χ1) is 9.67. The smallest absolute Gasteiger partial charge is 0.229 e. The van der Waals surface area contributed by atoms with Crippen molar-refractivity contribution in [3.63, 3.8) is 0 Å². The zero-order valence-electron chi connectivity index (χ0n) is 11.6. The molecule has 0 spiro atoms. The fraction of sp³-hybridized carbons (Fsp3) is 0.429. The van der Waals surface area contributed by atoms with Gasteiger partial charge in [0.15, 0.2) is 5.82 Å². The number of methoxy groups -OCH3 is 1. The fourth-order valence-corrected chi connectivity index (χ4v) is 2.59. The maximum atomic E-state index is 9.59. The van der Waals surface area contributed by atoms with Gasteiger partial charge in [-0.15, -0.1) is 11.8 Å². The van der Waals surface area contributed by atoms with E-state index in [2.05, 4.69) is 35.3 Å². The first kappa shape index (κ1) is 15.0. The van der Waals surface area contributed by atoms with Crippen LogP contribution >= 0.6 is 11.8 Å². The molecule has 0 aliphatic rings. The number of aliphatic hydroxyl groups excluding tert-OH is 1. The van der Waals surface area contributed by atoms with Crippen LogP contribution in [0.5, 0.6) is 0 Å². The van der Waals surface area contributed by atoms with Crippen LogP contribution in [0.25, 0.3) is 0 Å². The van der Waals surface area contributed by atoms with Crippen LogP contribution < -0.4 is 0 Å². The third-order valence-corrected chi connectivity index (χ3v) is 3.63. The molecule has 1 unspecified atom stereocenters. The Labute approximate surface area is 122 Å². The molecule has 0 saturated carbocycles. The van der Waals surface area contributed by atoms with Gasteiger partial charge in [-0.1, -0.05) is 22.9 Å². The molecule has 20 heavy (non-hydrogen) atoms. The Morgan fingerprint density at radius 2 is 2.30 bits per heavy atom. The molecular weight excluding hydrogens is 276 g/mol. The van der Waals surface area contributed by atoms with Crippen molar-refractivity contribution in [3.05, 3.63) is 41.5 Å². The highest BCUT2D eigenvalue weighted by atomic mass is 32.2. The predicted molar refractivity (Wildman–Crippen MR) is 76.6 cm³/mol. The lowest BCUT2D eigenvalue weighted by Crippen LogP contribution is -2.17. The highest BCUT2D eigenvalue weighted by molar-refractivity contribution is 7.98. The van der Waals surface area contributed by atoms with E-state index in [1.165, 1.54) is 10.5 Å². The van der Waals surface area contributed by atoms with Gasteiger partial charge < -0.3 is 14.4 Å². The lowest BCUT2D eigenvalue weighted by atomic mass is 10.2. The Morgan fingerprint density at radius 1 is 1.45 bits per heavy atom. The zero-order valence-corrected chi connectivity index (χ0v) is 12.4. The number of nitrogens with zero attached hydrogens (tertiary/aromatic N) is 2. The molecule has 6 heteroatoms. The molecule has 1 atom stereocenters. The lowest BCUT2D eigenvalue weighted by Gasteiger charge is -2.04. The van der Waals surface area contributed by atoms with Crippen LogP contribution in [0.4, 0.5) is 0 Å². The minimum absolute atomic E-state index is 0.260. The molecule has 0 bridgehead atoms. The Kier molecular flexibility index (Phi) is 5.58. The molecule has 0 aliphatic carbocycles. The van der Waals surface area contributed by atoms with Gasteiger partial charge in [-0.3, -0.25) is 0 Å². The molecule has 2 aromatic rings. The Balaban J connectivity index is 1.86. The average Bonchev–Trinajstić information content (AvgIpc) is 2.84. The van der Waals surface area contributed by atoms with E-state index in [1.54, 1.807) is 18.9 Å². The third kappa shape index (κ3) is 4.63. The lowest BCUT2D eigenvalue weighted by molar-refractivity contribution is 0.0599. The summed E-state index contributed by atoms with van der Waals surface area (Å²) in [6.07, 6.45) is -0.298. The quantitative estimate of drug-likeness (QED) is 0.790. The number of thioether (sulfide) groups is 1. The minimum atomic E-state index is -0.613. The van der Waals surface area contributed by atoms with Crippen molar-refractivity contribution >= 4 is 11.8 Å². The number of hydrogen-bond acceptors (Lipinski definition) is 6. The van der Waals surface area contributed by atoms with Gasteiger partial charge in [-0.25, -0.2) is 0 Å². The van der Waals surface area contributed by atoms with E-state index in [-0.39, 0.29) is 6.61 Å². The van der Waals surface area contributed by atoms with Crippen LogP contribution in [-0.4, -0.2) is 35.1 Å². The van der Waals surface area contributed by atoms with Gasteiger partial charge in [0.2, 0.25) is 5.89 Å². The van der Waals surface area contributed by atoms with Crippen LogP contribution in [0.3, 0.4) is 0 Å². The van der Waals surface area contributed by atoms with Gasteiger partial charge in [0, 0.05) is 12.0 Å². The minimum Gasteiger partial charge on any atom is -0.390 e. The second-order valence-corrected chi connectivity index (χ2v) is 5.57. The first-order valence-electron chi connectivity index (χ1n) is 6.35. The number of hydrogen-bond donors (Lipinski definition) is 1. The van der Waals surface area contributed by atoms with Crippen LogP contribution in [0, 0.1) is 6.92 Å². The molecule has 0 aliphatic heterocycles. The van der Waals surface area contributed by atoms with E-state index in [9.17, 15) is 5.11 Å². The summed E-state index contributed by atoms with van der Waals surface area (Å²) in [4.78, 5) is 5.43. The largest absolute Gasteiger partial charge is 0.390 e. The molecule has 0 saturated heterocycles. The molecule has 5 nitrogen and oxygen atoms in total.